The molecule has 2 aromatic heterocycles. The van der Waals surface area contributed by atoms with Crippen molar-refractivity contribution in [1.82, 2.24) is 14.9 Å². The number of likely N-dealkylation sites (tertiary alicyclic amines) is 1. The molecule has 0 bridgehead atoms. The highest BCUT2D eigenvalue weighted by atomic mass is 32.2. The molecule has 1 saturated heterocycles. The Morgan fingerprint density at radius 2 is 1.97 bits per heavy atom. The van der Waals surface area contributed by atoms with Crippen molar-refractivity contribution < 1.29 is 4.79 Å². The Hall–Kier alpha value is -1.14. The SMILES string of the molecule is CC[C@H]1CCCCN1C(=O)CSc1nc(C2CC2)nc2sc3c(c12)CC[C@H](C(C)(C)C)C3. The topological polar surface area (TPSA) is 46.1 Å². The molecule has 0 radical (unpaired) electrons. The Kier molecular flexibility index (Phi) is 6.30. The molecule has 0 spiro atoms. The third-order valence-corrected chi connectivity index (χ3v) is 9.92. The number of carbonyl (C=O) groups is 1. The van der Waals surface area contributed by atoms with Crippen LogP contribution in [0.3, 0.4) is 0 Å². The van der Waals surface area contributed by atoms with Crippen LogP contribution in [0.25, 0.3) is 10.2 Å². The molecule has 2 aliphatic carbocycles. The van der Waals surface area contributed by atoms with E-state index in [0.29, 0.717) is 23.1 Å². The number of aromatic nitrogens is 2. The standard InChI is InChI=1S/C26H37N3OS2/c1-5-18-8-6-7-13-29(18)21(30)15-31-24-22-19-12-11-17(26(2,3)4)14-20(19)32-25(22)28-23(27-24)16-9-10-16/h16-18H,5-15H2,1-4H3/t17-,18-/m0/s1. The molecule has 5 rings (SSSR count). The largest absolute Gasteiger partial charge is 0.339 e. The lowest BCUT2D eigenvalue weighted by Gasteiger charge is -2.35. The number of hydrogen-bond acceptors (Lipinski definition) is 5. The zero-order chi connectivity index (χ0) is 22.5. The fourth-order valence-electron chi connectivity index (χ4n) is 5.49. The first-order valence-corrected chi connectivity index (χ1v) is 14.4. The van der Waals surface area contributed by atoms with Crippen molar-refractivity contribution in [2.24, 2.45) is 11.3 Å². The van der Waals surface area contributed by atoms with Crippen LogP contribution in [0.5, 0.6) is 0 Å². The van der Waals surface area contributed by atoms with Gasteiger partial charge in [0.1, 0.15) is 15.7 Å². The average Bonchev–Trinajstić information content (AvgIpc) is 3.56. The van der Waals surface area contributed by atoms with Crippen molar-refractivity contribution in [2.45, 2.75) is 102 Å². The van der Waals surface area contributed by atoms with E-state index in [1.165, 1.54) is 46.3 Å². The first-order chi connectivity index (χ1) is 15.3. The summed E-state index contributed by atoms with van der Waals surface area (Å²) < 4.78 is 0. The summed E-state index contributed by atoms with van der Waals surface area (Å²) in [5.74, 6) is 3.06. The van der Waals surface area contributed by atoms with Gasteiger partial charge in [0.25, 0.3) is 0 Å². The Morgan fingerprint density at radius 3 is 2.69 bits per heavy atom. The van der Waals surface area contributed by atoms with Gasteiger partial charge >= 0.3 is 0 Å². The van der Waals surface area contributed by atoms with Gasteiger partial charge in [-0.25, -0.2) is 9.97 Å². The van der Waals surface area contributed by atoms with Gasteiger partial charge in [0.15, 0.2) is 0 Å². The van der Waals surface area contributed by atoms with Crippen molar-refractivity contribution in [3.8, 4) is 0 Å². The molecule has 1 aliphatic heterocycles. The number of thiophene rings is 1. The van der Waals surface area contributed by atoms with E-state index in [0.717, 1.165) is 55.4 Å². The van der Waals surface area contributed by atoms with Crippen molar-refractivity contribution in [3.05, 3.63) is 16.3 Å². The highest BCUT2D eigenvalue weighted by molar-refractivity contribution is 8.00. The summed E-state index contributed by atoms with van der Waals surface area (Å²) in [6.45, 7) is 10.3. The van der Waals surface area contributed by atoms with E-state index in [1.54, 1.807) is 11.8 Å². The molecule has 4 nitrogen and oxygen atoms in total. The zero-order valence-corrected chi connectivity index (χ0v) is 21.7. The number of thioether (sulfide) groups is 1. The summed E-state index contributed by atoms with van der Waals surface area (Å²) in [5, 5.41) is 2.34. The average molecular weight is 472 g/mol. The van der Waals surface area contributed by atoms with Gasteiger partial charge in [0.2, 0.25) is 5.91 Å². The van der Waals surface area contributed by atoms with E-state index in [1.807, 2.05) is 11.3 Å². The van der Waals surface area contributed by atoms with Crippen molar-refractivity contribution in [3.63, 3.8) is 0 Å². The molecule has 2 atom stereocenters. The van der Waals surface area contributed by atoms with Crippen LogP contribution in [0.15, 0.2) is 5.03 Å². The number of carbonyl (C=O) groups excluding carboxylic acids is 1. The van der Waals surface area contributed by atoms with Gasteiger partial charge in [0.05, 0.1) is 5.75 Å². The van der Waals surface area contributed by atoms with Crippen molar-refractivity contribution in [1.29, 1.82) is 0 Å². The summed E-state index contributed by atoms with van der Waals surface area (Å²) >= 11 is 3.57. The first-order valence-electron chi connectivity index (χ1n) is 12.6. The normalized spacial score (nSPS) is 24.1. The van der Waals surface area contributed by atoms with E-state index in [-0.39, 0.29) is 5.91 Å². The number of amides is 1. The quantitative estimate of drug-likeness (QED) is 0.364. The van der Waals surface area contributed by atoms with Gasteiger partial charge in [-0.1, -0.05) is 39.5 Å². The molecule has 1 saturated carbocycles. The minimum atomic E-state index is 0.290. The molecule has 0 aromatic carbocycles. The molecule has 2 aromatic rings. The maximum atomic E-state index is 13.2. The fourth-order valence-corrected chi connectivity index (χ4v) is 7.81. The smallest absolute Gasteiger partial charge is 0.233 e. The maximum absolute atomic E-state index is 13.2. The third kappa shape index (κ3) is 4.46. The highest BCUT2D eigenvalue weighted by Crippen LogP contribution is 2.46. The summed E-state index contributed by atoms with van der Waals surface area (Å²) in [6, 6.07) is 0.424. The Bertz CT molecular complexity index is 1000. The van der Waals surface area contributed by atoms with E-state index >= 15 is 0 Å². The molecule has 3 heterocycles. The van der Waals surface area contributed by atoms with Crippen molar-refractivity contribution in [2.75, 3.05) is 12.3 Å². The van der Waals surface area contributed by atoms with Crippen LogP contribution < -0.4 is 0 Å². The first kappa shape index (κ1) is 22.6. The summed E-state index contributed by atoms with van der Waals surface area (Å²) in [5.41, 5.74) is 1.82. The van der Waals surface area contributed by atoms with Crippen LogP contribution in [0.4, 0.5) is 0 Å². The fraction of sp³-hybridized carbons (Fsp3) is 0.731. The molecule has 3 aliphatic rings. The minimum Gasteiger partial charge on any atom is -0.339 e. The molecule has 32 heavy (non-hydrogen) atoms. The van der Waals surface area contributed by atoms with E-state index in [4.69, 9.17) is 9.97 Å². The van der Waals surface area contributed by atoms with E-state index in [9.17, 15) is 4.79 Å². The summed E-state index contributed by atoms with van der Waals surface area (Å²) in [4.78, 5) is 28.1. The predicted octanol–water partition coefficient (Wildman–Crippen LogP) is 6.60. The molecule has 0 unspecified atom stereocenters. The van der Waals surface area contributed by atoms with E-state index < -0.39 is 0 Å². The van der Waals surface area contributed by atoms with Gasteiger partial charge in [-0.3, -0.25) is 4.79 Å². The molecule has 174 valence electrons. The second-order valence-corrected chi connectivity index (χ2v) is 13.1. The Morgan fingerprint density at radius 1 is 1.16 bits per heavy atom. The second-order valence-electron chi connectivity index (χ2n) is 11.1. The number of piperidine rings is 1. The van der Waals surface area contributed by atoms with Crippen LogP contribution in [0.1, 0.15) is 94.8 Å². The van der Waals surface area contributed by atoms with Gasteiger partial charge < -0.3 is 4.90 Å². The minimum absolute atomic E-state index is 0.290. The number of aryl methyl sites for hydroxylation is 1. The van der Waals surface area contributed by atoms with Crippen LogP contribution in [-0.4, -0.2) is 39.1 Å². The van der Waals surface area contributed by atoms with Gasteiger partial charge in [0, 0.05) is 28.8 Å². The molecular weight excluding hydrogens is 434 g/mol. The van der Waals surface area contributed by atoms with Gasteiger partial charge in [-0.2, -0.15) is 0 Å². The molecular formula is C26H37N3OS2. The molecule has 1 amide bonds. The molecule has 2 fully saturated rings. The van der Waals surface area contributed by atoms with Crippen LogP contribution in [0.2, 0.25) is 0 Å². The van der Waals surface area contributed by atoms with Crippen molar-refractivity contribution >= 4 is 39.2 Å². The number of hydrogen-bond donors (Lipinski definition) is 0. The zero-order valence-electron chi connectivity index (χ0n) is 20.1. The summed E-state index contributed by atoms with van der Waals surface area (Å²) in [6.07, 6.45) is 10.5. The lowest BCUT2D eigenvalue weighted by molar-refractivity contribution is -0.132. The summed E-state index contributed by atoms with van der Waals surface area (Å²) in [7, 11) is 0. The maximum Gasteiger partial charge on any atom is 0.233 e. The Labute approximate surface area is 201 Å². The second kappa shape index (κ2) is 8.90. The number of rotatable bonds is 5. The predicted molar refractivity (Wildman–Crippen MR) is 135 cm³/mol. The monoisotopic (exact) mass is 471 g/mol. The highest BCUT2D eigenvalue weighted by Gasteiger charge is 2.34. The van der Waals surface area contributed by atoms with Crippen LogP contribution >= 0.6 is 23.1 Å². The van der Waals surface area contributed by atoms with Gasteiger partial charge in [-0.05, 0) is 74.7 Å². The molecule has 6 heteroatoms. The number of nitrogens with zero attached hydrogens (tertiary/aromatic N) is 3. The third-order valence-electron chi connectivity index (χ3n) is 7.81. The molecule has 0 N–H and O–H groups in total. The lowest BCUT2D eigenvalue weighted by atomic mass is 9.72. The van der Waals surface area contributed by atoms with Crippen LogP contribution in [-0.2, 0) is 17.6 Å². The van der Waals surface area contributed by atoms with Gasteiger partial charge in [-0.15, -0.1) is 11.3 Å². The Balaban J connectivity index is 1.43. The van der Waals surface area contributed by atoms with Crippen LogP contribution in [0, 0.1) is 11.3 Å². The van der Waals surface area contributed by atoms with E-state index in [2.05, 4.69) is 32.6 Å². The number of fused-ring (bicyclic) bond motifs is 3. The lowest BCUT2D eigenvalue weighted by Crippen LogP contribution is -2.44.